The molecule has 0 aliphatic rings. The lowest BCUT2D eigenvalue weighted by Crippen LogP contribution is -2.36. The number of carbonyl (C=O) groups is 2. The number of phenols is 1. The predicted molar refractivity (Wildman–Crippen MR) is 115 cm³/mol. The maximum absolute atomic E-state index is 13.0. The van der Waals surface area contributed by atoms with Crippen molar-refractivity contribution in [1.82, 2.24) is 0 Å². The van der Waals surface area contributed by atoms with Crippen LogP contribution in [-0.2, 0) is 22.4 Å². The third kappa shape index (κ3) is 6.45. The van der Waals surface area contributed by atoms with Gasteiger partial charge in [-0.1, -0.05) is 71.0 Å². The van der Waals surface area contributed by atoms with Crippen molar-refractivity contribution in [1.29, 1.82) is 0 Å². The fourth-order valence-corrected chi connectivity index (χ4v) is 3.37. The first kappa shape index (κ1) is 22.7. The van der Waals surface area contributed by atoms with E-state index in [4.69, 9.17) is 4.74 Å². The maximum Gasteiger partial charge on any atom is 0.342 e. The molecule has 0 bridgehead atoms. The van der Waals surface area contributed by atoms with Gasteiger partial charge < -0.3 is 9.84 Å². The number of aromatic hydroxyl groups is 1. The zero-order chi connectivity index (χ0) is 21.6. The van der Waals surface area contributed by atoms with E-state index in [2.05, 4.69) is 38.1 Å². The number of carbonyl (C=O) groups excluding carboxylic acids is 2. The van der Waals surface area contributed by atoms with Crippen LogP contribution in [-0.4, -0.2) is 23.0 Å². The number of para-hydroxylation sites is 1. The van der Waals surface area contributed by atoms with Crippen molar-refractivity contribution in [3.8, 4) is 5.75 Å². The summed E-state index contributed by atoms with van der Waals surface area (Å²) >= 11 is 0. The van der Waals surface area contributed by atoms with Crippen LogP contribution in [0.1, 0.15) is 56.1 Å². The molecule has 2 aromatic rings. The average molecular weight is 397 g/mol. The Morgan fingerprint density at radius 1 is 0.862 bits per heavy atom. The summed E-state index contributed by atoms with van der Waals surface area (Å²) in [6, 6.07) is 14.6. The second-order valence-electron chi connectivity index (χ2n) is 8.51. The molecule has 0 aromatic heterocycles. The van der Waals surface area contributed by atoms with Crippen molar-refractivity contribution in [3.63, 3.8) is 0 Å². The van der Waals surface area contributed by atoms with E-state index in [0.29, 0.717) is 12.3 Å². The highest BCUT2D eigenvalue weighted by atomic mass is 16.5. The molecule has 0 fully saturated rings. The lowest BCUT2D eigenvalue weighted by molar-refractivity contribution is -0.133. The van der Waals surface area contributed by atoms with Crippen LogP contribution in [0.3, 0.4) is 0 Å². The third-order valence-electron chi connectivity index (χ3n) is 4.94. The zero-order valence-electron chi connectivity index (χ0n) is 18.0. The Kier molecular flexibility index (Phi) is 8.00. The van der Waals surface area contributed by atoms with Gasteiger partial charge in [0, 0.05) is 5.92 Å². The van der Waals surface area contributed by atoms with Crippen LogP contribution in [0.5, 0.6) is 5.75 Å². The van der Waals surface area contributed by atoms with E-state index in [0.717, 1.165) is 12.0 Å². The first-order valence-electron chi connectivity index (χ1n) is 10.3. The van der Waals surface area contributed by atoms with E-state index < -0.39 is 12.1 Å². The van der Waals surface area contributed by atoms with Crippen LogP contribution in [0.4, 0.5) is 0 Å². The van der Waals surface area contributed by atoms with Crippen molar-refractivity contribution >= 4 is 11.8 Å². The highest BCUT2D eigenvalue weighted by Gasteiger charge is 2.31. The van der Waals surface area contributed by atoms with Crippen molar-refractivity contribution in [2.24, 2.45) is 17.8 Å². The van der Waals surface area contributed by atoms with Gasteiger partial charge in [0.15, 0.2) is 11.9 Å². The van der Waals surface area contributed by atoms with Gasteiger partial charge in [-0.2, -0.15) is 0 Å². The molecule has 0 saturated heterocycles. The summed E-state index contributed by atoms with van der Waals surface area (Å²) < 4.78 is 5.51. The summed E-state index contributed by atoms with van der Waals surface area (Å²) in [6.45, 7) is 9.96. The Hall–Kier alpha value is -2.62. The number of esters is 1. The quantitative estimate of drug-likeness (QED) is 0.590. The number of ether oxygens (including phenoxy) is 1. The van der Waals surface area contributed by atoms with Gasteiger partial charge in [0.05, 0.1) is 0 Å². The molecule has 2 aromatic carbocycles. The molecule has 0 aliphatic heterocycles. The SMILES string of the molecule is CC(C)Cc1ccc(CC(C)C(=O)C(OC(=O)c2ccccc2O)C(C)C)cc1. The Labute approximate surface area is 173 Å². The second kappa shape index (κ2) is 10.2. The van der Waals surface area contributed by atoms with Crippen LogP contribution >= 0.6 is 0 Å². The van der Waals surface area contributed by atoms with Crippen molar-refractivity contribution < 1.29 is 19.4 Å². The highest BCUT2D eigenvalue weighted by molar-refractivity contribution is 5.95. The maximum atomic E-state index is 13.0. The fraction of sp³-hybridized carbons (Fsp3) is 0.440. The lowest BCUT2D eigenvalue weighted by Gasteiger charge is -2.23. The molecular formula is C25H32O4. The number of benzene rings is 2. The number of Topliss-reactive ketones (excluding diaryl/α,β-unsaturated/α-hetero) is 1. The molecule has 4 nitrogen and oxygen atoms in total. The summed E-state index contributed by atoms with van der Waals surface area (Å²) in [6.07, 6.45) is 0.780. The molecule has 2 rings (SSSR count). The number of hydrogen-bond donors (Lipinski definition) is 1. The van der Waals surface area contributed by atoms with Crippen molar-refractivity contribution in [2.45, 2.75) is 53.6 Å². The van der Waals surface area contributed by atoms with Crippen molar-refractivity contribution in [3.05, 3.63) is 65.2 Å². The summed E-state index contributed by atoms with van der Waals surface area (Å²) in [5.74, 6) is -0.770. The van der Waals surface area contributed by atoms with Gasteiger partial charge in [-0.25, -0.2) is 4.79 Å². The second-order valence-corrected chi connectivity index (χ2v) is 8.51. The van der Waals surface area contributed by atoms with E-state index in [1.165, 1.54) is 17.7 Å². The van der Waals surface area contributed by atoms with Gasteiger partial charge in [0.1, 0.15) is 11.3 Å². The number of ketones is 1. The van der Waals surface area contributed by atoms with Crippen LogP contribution in [0.25, 0.3) is 0 Å². The smallest absolute Gasteiger partial charge is 0.342 e. The molecule has 0 saturated carbocycles. The van der Waals surface area contributed by atoms with Gasteiger partial charge in [-0.3, -0.25) is 4.79 Å². The van der Waals surface area contributed by atoms with Gasteiger partial charge in [0.25, 0.3) is 0 Å². The third-order valence-corrected chi connectivity index (χ3v) is 4.94. The Morgan fingerprint density at radius 3 is 1.93 bits per heavy atom. The lowest BCUT2D eigenvalue weighted by atomic mass is 9.89. The normalized spacial score (nSPS) is 13.3. The largest absolute Gasteiger partial charge is 0.507 e. The van der Waals surface area contributed by atoms with Gasteiger partial charge in [-0.15, -0.1) is 0 Å². The minimum atomic E-state index is -0.850. The standard InChI is InChI=1S/C25H32O4/c1-16(2)14-19-10-12-20(13-11-19)15-18(5)23(27)24(17(3)4)29-25(28)21-8-6-7-9-22(21)26/h6-13,16-18,24,26H,14-15H2,1-5H3. The van der Waals surface area contributed by atoms with Crippen molar-refractivity contribution in [2.75, 3.05) is 0 Å². The van der Waals surface area contributed by atoms with E-state index in [9.17, 15) is 14.7 Å². The molecule has 1 N–H and O–H groups in total. The molecule has 0 amide bonds. The minimum absolute atomic E-state index is 0.0688. The number of hydrogen-bond acceptors (Lipinski definition) is 4. The molecule has 0 heterocycles. The summed E-state index contributed by atoms with van der Waals surface area (Å²) in [5, 5.41) is 9.87. The molecule has 4 heteroatoms. The number of rotatable bonds is 9. The Bertz CT molecular complexity index is 821. The first-order chi connectivity index (χ1) is 13.7. The molecular weight excluding hydrogens is 364 g/mol. The zero-order valence-corrected chi connectivity index (χ0v) is 18.0. The molecule has 156 valence electrons. The predicted octanol–water partition coefficient (Wildman–Crippen LogP) is 5.22. The molecule has 0 spiro atoms. The van der Waals surface area contributed by atoms with E-state index in [1.54, 1.807) is 12.1 Å². The summed E-state index contributed by atoms with van der Waals surface area (Å²) in [4.78, 5) is 25.5. The molecule has 2 unspecified atom stereocenters. The monoisotopic (exact) mass is 396 g/mol. The molecule has 0 radical (unpaired) electrons. The highest BCUT2D eigenvalue weighted by Crippen LogP contribution is 2.22. The topological polar surface area (TPSA) is 63.6 Å². The Balaban J connectivity index is 2.06. The number of phenolic OH excluding ortho intramolecular Hbond substituents is 1. The summed E-state index contributed by atoms with van der Waals surface area (Å²) in [7, 11) is 0. The Morgan fingerprint density at radius 2 is 1.41 bits per heavy atom. The molecule has 2 atom stereocenters. The van der Waals surface area contributed by atoms with E-state index >= 15 is 0 Å². The van der Waals surface area contributed by atoms with Crippen LogP contribution in [0, 0.1) is 17.8 Å². The van der Waals surface area contributed by atoms with Gasteiger partial charge in [-0.05, 0) is 47.9 Å². The first-order valence-corrected chi connectivity index (χ1v) is 10.3. The summed E-state index contributed by atoms with van der Waals surface area (Å²) in [5.41, 5.74) is 2.45. The minimum Gasteiger partial charge on any atom is -0.507 e. The van der Waals surface area contributed by atoms with Crippen LogP contribution in [0.15, 0.2) is 48.5 Å². The molecule has 0 aliphatic carbocycles. The van der Waals surface area contributed by atoms with Crippen LogP contribution < -0.4 is 0 Å². The fourth-order valence-electron chi connectivity index (χ4n) is 3.37. The van der Waals surface area contributed by atoms with E-state index in [-0.39, 0.29) is 28.9 Å². The molecule has 29 heavy (non-hydrogen) atoms. The van der Waals surface area contributed by atoms with Crippen LogP contribution in [0.2, 0.25) is 0 Å². The van der Waals surface area contributed by atoms with Gasteiger partial charge >= 0.3 is 5.97 Å². The van der Waals surface area contributed by atoms with E-state index in [1.807, 2.05) is 20.8 Å². The average Bonchev–Trinajstić information content (AvgIpc) is 2.66. The van der Waals surface area contributed by atoms with Gasteiger partial charge in [0.2, 0.25) is 0 Å².